The minimum Gasteiger partial charge on any atom is -0.398 e. The number of hydrogen-bond acceptors (Lipinski definition) is 5. The first-order chi connectivity index (χ1) is 9.61. The fraction of sp³-hybridized carbons (Fsp3) is 0.538. The van der Waals surface area contributed by atoms with E-state index in [9.17, 15) is 16.8 Å². The summed E-state index contributed by atoms with van der Waals surface area (Å²) in [4.78, 5) is 0.00794. The van der Waals surface area contributed by atoms with Gasteiger partial charge in [-0.2, -0.15) is 0 Å². The van der Waals surface area contributed by atoms with Gasteiger partial charge in [0.05, 0.1) is 17.2 Å². The highest BCUT2D eigenvalue weighted by molar-refractivity contribution is 7.91. The second-order valence-electron chi connectivity index (χ2n) is 5.55. The summed E-state index contributed by atoms with van der Waals surface area (Å²) < 4.78 is 50.5. The molecule has 1 saturated heterocycles. The highest BCUT2D eigenvalue weighted by Gasteiger charge is 2.29. The van der Waals surface area contributed by atoms with Crippen molar-refractivity contribution in [2.75, 3.05) is 17.2 Å². The van der Waals surface area contributed by atoms with Gasteiger partial charge in [0, 0.05) is 6.04 Å². The van der Waals surface area contributed by atoms with Crippen LogP contribution >= 0.6 is 0 Å². The lowest BCUT2D eigenvalue weighted by Gasteiger charge is -2.23. The Labute approximate surface area is 125 Å². The van der Waals surface area contributed by atoms with Gasteiger partial charge in [-0.1, -0.05) is 0 Å². The second kappa shape index (κ2) is 5.58. The predicted molar refractivity (Wildman–Crippen MR) is 82.3 cm³/mol. The van der Waals surface area contributed by atoms with Gasteiger partial charge < -0.3 is 5.73 Å². The monoisotopic (exact) mass is 332 g/mol. The maximum Gasteiger partial charge on any atom is 0.242 e. The fourth-order valence-electron chi connectivity index (χ4n) is 2.44. The molecular formula is C13H20N2O4S2. The number of anilines is 1. The van der Waals surface area contributed by atoms with Crippen LogP contribution in [0.4, 0.5) is 5.69 Å². The van der Waals surface area contributed by atoms with Crippen LogP contribution in [0, 0.1) is 13.8 Å². The van der Waals surface area contributed by atoms with Crippen molar-refractivity contribution in [1.82, 2.24) is 4.72 Å². The van der Waals surface area contributed by atoms with Crippen molar-refractivity contribution >= 4 is 25.5 Å². The van der Waals surface area contributed by atoms with Gasteiger partial charge in [-0.25, -0.2) is 21.6 Å². The van der Waals surface area contributed by atoms with E-state index < -0.39 is 25.9 Å². The minimum atomic E-state index is -3.82. The van der Waals surface area contributed by atoms with Crippen LogP contribution in [0.5, 0.6) is 0 Å². The smallest absolute Gasteiger partial charge is 0.242 e. The molecule has 1 atom stereocenters. The zero-order chi connectivity index (χ0) is 15.8. The van der Waals surface area contributed by atoms with Gasteiger partial charge in [0.2, 0.25) is 10.0 Å². The predicted octanol–water partition coefficient (Wildman–Crippen LogP) is 0.741. The van der Waals surface area contributed by atoms with Crippen LogP contribution < -0.4 is 10.5 Å². The number of nitrogen functional groups attached to an aromatic ring is 1. The van der Waals surface area contributed by atoms with Crippen LogP contribution in [0.2, 0.25) is 0 Å². The molecule has 6 nitrogen and oxygen atoms in total. The number of sulfone groups is 1. The van der Waals surface area contributed by atoms with Crippen LogP contribution in [-0.2, 0) is 19.9 Å². The van der Waals surface area contributed by atoms with Crippen LogP contribution in [0.25, 0.3) is 0 Å². The lowest BCUT2D eigenvalue weighted by Crippen LogP contribution is -2.43. The average molecular weight is 332 g/mol. The van der Waals surface area contributed by atoms with Gasteiger partial charge in [0.15, 0.2) is 9.84 Å². The molecule has 0 aliphatic carbocycles. The molecule has 21 heavy (non-hydrogen) atoms. The molecule has 1 aliphatic rings. The zero-order valence-electron chi connectivity index (χ0n) is 12.1. The summed E-state index contributed by atoms with van der Waals surface area (Å²) in [6, 6.07) is 2.54. The summed E-state index contributed by atoms with van der Waals surface area (Å²) in [7, 11) is -6.99. The standard InChI is InChI=1S/C13H20N2O4S2/c1-9-6-12(14)13(7-10(9)2)21(18,19)15-11-4-3-5-20(16,17)8-11/h6-7,11,15H,3-5,8,14H2,1-2H3. The van der Waals surface area contributed by atoms with E-state index in [2.05, 4.69) is 4.72 Å². The van der Waals surface area contributed by atoms with Gasteiger partial charge in [-0.15, -0.1) is 0 Å². The summed E-state index contributed by atoms with van der Waals surface area (Å²) >= 11 is 0. The Morgan fingerprint density at radius 2 is 1.86 bits per heavy atom. The highest BCUT2D eigenvalue weighted by atomic mass is 32.2. The van der Waals surface area contributed by atoms with Crippen molar-refractivity contribution in [2.24, 2.45) is 0 Å². The molecule has 0 spiro atoms. The molecule has 118 valence electrons. The quantitative estimate of drug-likeness (QED) is 0.794. The molecule has 0 amide bonds. The molecule has 1 aliphatic heterocycles. The fourth-order valence-corrected chi connectivity index (χ4v) is 5.65. The molecule has 0 saturated carbocycles. The molecule has 1 heterocycles. The molecular weight excluding hydrogens is 312 g/mol. The molecule has 3 N–H and O–H groups in total. The molecule has 8 heteroatoms. The number of benzene rings is 1. The topological polar surface area (TPSA) is 106 Å². The average Bonchev–Trinajstić information content (AvgIpc) is 2.31. The molecule has 1 fully saturated rings. The van der Waals surface area contributed by atoms with Crippen molar-refractivity contribution in [1.29, 1.82) is 0 Å². The number of sulfonamides is 1. The van der Waals surface area contributed by atoms with Gasteiger partial charge in [0.25, 0.3) is 0 Å². The SMILES string of the molecule is Cc1cc(N)c(S(=O)(=O)NC2CCCS(=O)(=O)C2)cc1C. The summed E-state index contributed by atoms with van der Waals surface area (Å²) in [6.07, 6.45) is 0.987. The van der Waals surface area contributed by atoms with E-state index in [0.29, 0.717) is 12.8 Å². The van der Waals surface area contributed by atoms with E-state index in [4.69, 9.17) is 5.73 Å². The Morgan fingerprint density at radius 3 is 2.48 bits per heavy atom. The molecule has 2 rings (SSSR count). The first kappa shape index (κ1) is 16.3. The van der Waals surface area contributed by atoms with E-state index in [1.165, 1.54) is 6.07 Å². The number of nitrogens with one attached hydrogen (secondary N) is 1. The minimum absolute atomic E-state index is 0.00794. The van der Waals surface area contributed by atoms with Gasteiger partial charge >= 0.3 is 0 Å². The molecule has 0 bridgehead atoms. The van der Waals surface area contributed by atoms with Crippen molar-refractivity contribution in [3.63, 3.8) is 0 Å². The number of aryl methyl sites for hydroxylation is 2. The maximum absolute atomic E-state index is 12.4. The second-order valence-corrected chi connectivity index (χ2v) is 9.46. The Balaban J connectivity index is 2.29. The van der Waals surface area contributed by atoms with Crippen LogP contribution in [0.1, 0.15) is 24.0 Å². The summed E-state index contributed by atoms with van der Waals surface area (Å²) in [5.41, 5.74) is 7.70. The van der Waals surface area contributed by atoms with Gasteiger partial charge in [0.1, 0.15) is 4.90 Å². The van der Waals surface area contributed by atoms with E-state index in [1.807, 2.05) is 6.92 Å². The Morgan fingerprint density at radius 1 is 1.24 bits per heavy atom. The summed E-state index contributed by atoms with van der Waals surface area (Å²) in [6.45, 7) is 3.65. The van der Waals surface area contributed by atoms with E-state index in [-0.39, 0.29) is 22.1 Å². The molecule has 0 aromatic heterocycles. The molecule has 1 aromatic rings. The van der Waals surface area contributed by atoms with Crippen LogP contribution in [0.3, 0.4) is 0 Å². The molecule has 1 aromatic carbocycles. The van der Waals surface area contributed by atoms with Gasteiger partial charge in [-0.3, -0.25) is 0 Å². The summed E-state index contributed by atoms with van der Waals surface area (Å²) in [5, 5.41) is 0. The van der Waals surface area contributed by atoms with Crippen molar-refractivity contribution in [2.45, 2.75) is 37.6 Å². The van der Waals surface area contributed by atoms with E-state index in [0.717, 1.165) is 11.1 Å². The zero-order valence-corrected chi connectivity index (χ0v) is 13.7. The molecule has 1 unspecified atom stereocenters. The Hall–Kier alpha value is -1.12. The van der Waals surface area contributed by atoms with Crippen LogP contribution in [0.15, 0.2) is 17.0 Å². The highest BCUT2D eigenvalue weighted by Crippen LogP contribution is 2.24. The lowest BCUT2D eigenvalue weighted by molar-refractivity contribution is 0.517. The first-order valence-electron chi connectivity index (χ1n) is 6.70. The number of nitrogens with two attached hydrogens (primary N) is 1. The van der Waals surface area contributed by atoms with E-state index >= 15 is 0 Å². The Bertz CT molecular complexity index is 755. The third kappa shape index (κ3) is 3.75. The van der Waals surface area contributed by atoms with E-state index in [1.54, 1.807) is 13.0 Å². The van der Waals surface area contributed by atoms with Crippen molar-refractivity contribution < 1.29 is 16.8 Å². The largest absolute Gasteiger partial charge is 0.398 e. The molecule has 0 radical (unpaired) electrons. The van der Waals surface area contributed by atoms with Crippen molar-refractivity contribution in [3.8, 4) is 0 Å². The lowest BCUT2D eigenvalue weighted by atomic mass is 10.1. The Kier molecular flexibility index (Phi) is 4.32. The maximum atomic E-state index is 12.4. The summed E-state index contributed by atoms with van der Waals surface area (Å²) in [5.74, 6) is -0.0337. The number of hydrogen-bond donors (Lipinski definition) is 2. The van der Waals surface area contributed by atoms with Crippen LogP contribution in [-0.4, -0.2) is 34.4 Å². The third-order valence-electron chi connectivity index (χ3n) is 3.70. The van der Waals surface area contributed by atoms with Crippen molar-refractivity contribution in [3.05, 3.63) is 23.3 Å². The third-order valence-corrected chi connectivity index (χ3v) is 7.10. The normalized spacial score (nSPS) is 22.1. The first-order valence-corrected chi connectivity index (χ1v) is 10.0. The number of rotatable bonds is 3. The van der Waals surface area contributed by atoms with Gasteiger partial charge in [-0.05, 0) is 49.9 Å².